The molecule has 0 N–H and O–H groups in total. The number of anilines is 1. The Bertz CT molecular complexity index is 878. The average molecular weight is 377 g/mol. The van der Waals surface area contributed by atoms with Gasteiger partial charge in [-0.05, 0) is 50.6 Å². The van der Waals surface area contributed by atoms with Crippen LogP contribution in [0.15, 0.2) is 30.3 Å². The molecule has 1 saturated heterocycles. The molecule has 0 bridgehead atoms. The van der Waals surface area contributed by atoms with Gasteiger partial charge < -0.3 is 4.90 Å². The van der Waals surface area contributed by atoms with Gasteiger partial charge in [0.25, 0.3) is 0 Å². The third-order valence-electron chi connectivity index (χ3n) is 6.39. The molecule has 5 nitrogen and oxygen atoms in total. The number of rotatable bonds is 5. The molecule has 146 valence electrons. The zero-order chi connectivity index (χ0) is 19.1. The van der Waals surface area contributed by atoms with Crippen molar-refractivity contribution in [2.45, 2.75) is 51.5 Å². The largest absolute Gasteiger partial charge is 0.302 e. The molecule has 2 fully saturated rings. The number of nitrogens with zero attached hydrogens (tertiary/aromatic N) is 4. The van der Waals surface area contributed by atoms with Crippen LogP contribution in [0.2, 0.25) is 0 Å². The molecule has 2 aromatic rings. The molecule has 1 amide bonds. The Hall–Kier alpha value is -2.27. The highest BCUT2D eigenvalue weighted by molar-refractivity contribution is 5.95. The van der Waals surface area contributed by atoms with Gasteiger partial charge in [0, 0.05) is 36.7 Å². The number of likely N-dealkylation sites (tertiary alicyclic amines) is 1. The number of hydrogen-bond acceptors (Lipinski definition) is 4. The van der Waals surface area contributed by atoms with Gasteiger partial charge in [-0.2, -0.15) is 0 Å². The molecule has 0 radical (unpaired) electrons. The summed E-state index contributed by atoms with van der Waals surface area (Å²) in [6.07, 6.45) is 5.21. The molecule has 1 saturated carbocycles. The number of fused-ring (bicyclic) bond motifs is 1. The summed E-state index contributed by atoms with van der Waals surface area (Å²) >= 11 is 0. The second-order valence-corrected chi connectivity index (χ2v) is 8.62. The minimum atomic E-state index is 0.169. The number of hydrogen-bond donors (Lipinski definition) is 0. The summed E-state index contributed by atoms with van der Waals surface area (Å²) in [7, 11) is 0. The lowest BCUT2D eigenvalue weighted by Gasteiger charge is -2.30. The van der Waals surface area contributed by atoms with Crippen molar-refractivity contribution < 1.29 is 4.79 Å². The molecule has 1 unspecified atom stereocenters. The number of benzene rings is 1. The molecular formula is C23H28N4O. The SMILES string of the molecule is Cc1nc(C2CCN(CC3CC3)C2)nc2c1CCC(=O)N2Cc1ccccc1. The molecule has 5 rings (SSSR count). The Morgan fingerprint density at radius 2 is 1.89 bits per heavy atom. The zero-order valence-corrected chi connectivity index (χ0v) is 16.6. The summed E-state index contributed by atoms with van der Waals surface area (Å²) in [4.78, 5) is 27.1. The van der Waals surface area contributed by atoms with Gasteiger partial charge in [0.05, 0.1) is 6.54 Å². The first-order chi connectivity index (χ1) is 13.7. The average Bonchev–Trinajstić information content (AvgIpc) is 3.39. The number of amides is 1. The minimum absolute atomic E-state index is 0.169. The maximum atomic E-state index is 12.7. The van der Waals surface area contributed by atoms with E-state index in [2.05, 4.69) is 24.0 Å². The summed E-state index contributed by atoms with van der Waals surface area (Å²) in [6.45, 7) is 6.10. The van der Waals surface area contributed by atoms with E-state index >= 15 is 0 Å². The van der Waals surface area contributed by atoms with Gasteiger partial charge in [-0.25, -0.2) is 9.97 Å². The van der Waals surface area contributed by atoms with Gasteiger partial charge >= 0.3 is 0 Å². The highest BCUT2D eigenvalue weighted by Gasteiger charge is 2.33. The summed E-state index contributed by atoms with van der Waals surface area (Å²) < 4.78 is 0. The van der Waals surface area contributed by atoms with Crippen LogP contribution in [-0.2, 0) is 17.8 Å². The van der Waals surface area contributed by atoms with Crippen LogP contribution < -0.4 is 4.90 Å². The van der Waals surface area contributed by atoms with E-state index in [-0.39, 0.29) is 5.91 Å². The first-order valence-electron chi connectivity index (χ1n) is 10.6. The maximum Gasteiger partial charge on any atom is 0.228 e. The van der Waals surface area contributed by atoms with Crippen molar-refractivity contribution in [2.75, 3.05) is 24.5 Å². The number of aromatic nitrogens is 2. The fourth-order valence-corrected chi connectivity index (χ4v) is 4.59. The van der Waals surface area contributed by atoms with Crippen LogP contribution in [-0.4, -0.2) is 40.4 Å². The molecule has 5 heteroatoms. The second-order valence-electron chi connectivity index (χ2n) is 8.62. The predicted molar refractivity (Wildman–Crippen MR) is 109 cm³/mol. The molecule has 3 aliphatic rings. The first-order valence-corrected chi connectivity index (χ1v) is 10.6. The highest BCUT2D eigenvalue weighted by atomic mass is 16.2. The molecule has 3 heterocycles. The molecule has 0 spiro atoms. The molecule has 1 aromatic heterocycles. The number of carbonyl (C=O) groups is 1. The Labute approximate surface area is 166 Å². The highest BCUT2D eigenvalue weighted by Crippen LogP contribution is 2.35. The summed E-state index contributed by atoms with van der Waals surface area (Å²) in [5.41, 5.74) is 3.33. The van der Waals surface area contributed by atoms with E-state index in [1.807, 2.05) is 23.1 Å². The molecular weight excluding hydrogens is 348 g/mol. The first kappa shape index (κ1) is 17.8. The molecule has 1 aromatic carbocycles. The van der Waals surface area contributed by atoms with Gasteiger partial charge in [-0.1, -0.05) is 30.3 Å². The quantitative estimate of drug-likeness (QED) is 0.802. The Kier molecular flexibility index (Phi) is 4.63. The van der Waals surface area contributed by atoms with Crippen molar-refractivity contribution >= 4 is 11.7 Å². The number of carbonyl (C=O) groups excluding carboxylic acids is 1. The van der Waals surface area contributed by atoms with Crippen LogP contribution >= 0.6 is 0 Å². The van der Waals surface area contributed by atoms with Gasteiger partial charge in [0.1, 0.15) is 11.6 Å². The van der Waals surface area contributed by atoms with Gasteiger partial charge in [-0.15, -0.1) is 0 Å². The van der Waals surface area contributed by atoms with E-state index in [0.29, 0.717) is 18.9 Å². The standard InChI is InChI=1S/C23H28N4O/c1-16-20-9-10-21(28)27(14-17-5-3-2-4-6-17)23(20)25-22(24-16)19-11-12-26(15-19)13-18-7-8-18/h2-6,18-19H,7-15H2,1H3. The Morgan fingerprint density at radius 3 is 2.68 bits per heavy atom. The van der Waals surface area contributed by atoms with Gasteiger partial charge in [0.2, 0.25) is 5.91 Å². The monoisotopic (exact) mass is 376 g/mol. The Morgan fingerprint density at radius 1 is 1.07 bits per heavy atom. The van der Waals surface area contributed by atoms with Gasteiger partial charge in [0.15, 0.2) is 0 Å². The predicted octanol–water partition coefficient (Wildman–Crippen LogP) is 3.46. The van der Waals surface area contributed by atoms with Crippen LogP contribution in [0.5, 0.6) is 0 Å². The second kappa shape index (κ2) is 7.28. The molecule has 1 aliphatic carbocycles. The third kappa shape index (κ3) is 3.55. The lowest BCUT2D eigenvalue weighted by Crippen LogP contribution is -2.36. The number of aryl methyl sites for hydroxylation is 1. The Balaban J connectivity index is 1.42. The van der Waals surface area contributed by atoms with Crippen molar-refractivity contribution in [3.8, 4) is 0 Å². The van der Waals surface area contributed by atoms with E-state index in [9.17, 15) is 4.79 Å². The molecule has 1 atom stereocenters. The van der Waals surface area contributed by atoms with Crippen LogP contribution in [0, 0.1) is 12.8 Å². The van der Waals surface area contributed by atoms with E-state index in [1.165, 1.54) is 19.4 Å². The van der Waals surface area contributed by atoms with E-state index in [1.54, 1.807) is 0 Å². The van der Waals surface area contributed by atoms with Crippen molar-refractivity contribution in [3.63, 3.8) is 0 Å². The van der Waals surface area contributed by atoms with E-state index in [4.69, 9.17) is 9.97 Å². The van der Waals surface area contributed by atoms with Crippen molar-refractivity contribution in [1.29, 1.82) is 0 Å². The van der Waals surface area contributed by atoms with Crippen LogP contribution in [0.4, 0.5) is 5.82 Å². The summed E-state index contributed by atoms with van der Waals surface area (Å²) in [6, 6.07) is 10.2. The normalized spacial score (nSPS) is 22.5. The van der Waals surface area contributed by atoms with Gasteiger partial charge in [-0.3, -0.25) is 9.69 Å². The smallest absolute Gasteiger partial charge is 0.228 e. The zero-order valence-electron chi connectivity index (χ0n) is 16.6. The minimum Gasteiger partial charge on any atom is -0.302 e. The third-order valence-corrected chi connectivity index (χ3v) is 6.39. The molecule has 28 heavy (non-hydrogen) atoms. The fourth-order valence-electron chi connectivity index (χ4n) is 4.59. The topological polar surface area (TPSA) is 49.3 Å². The van der Waals surface area contributed by atoms with E-state index in [0.717, 1.165) is 60.3 Å². The molecule has 2 aliphatic heterocycles. The fraction of sp³-hybridized carbons (Fsp3) is 0.522. The van der Waals surface area contributed by atoms with Crippen molar-refractivity contribution in [1.82, 2.24) is 14.9 Å². The maximum absolute atomic E-state index is 12.7. The van der Waals surface area contributed by atoms with E-state index < -0.39 is 0 Å². The summed E-state index contributed by atoms with van der Waals surface area (Å²) in [5, 5.41) is 0. The summed E-state index contributed by atoms with van der Waals surface area (Å²) in [5.74, 6) is 3.26. The van der Waals surface area contributed by atoms with Crippen molar-refractivity contribution in [3.05, 3.63) is 53.0 Å². The lowest BCUT2D eigenvalue weighted by molar-refractivity contribution is -0.119. The van der Waals surface area contributed by atoms with Crippen LogP contribution in [0.1, 0.15) is 54.2 Å². The van der Waals surface area contributed by atoms with Crippen molar-refractivity contribution in [2.24, 2.45) is 5.92 Å². The van der Waals surface area contributed by atoms with Crippen LogP contribution in [0.25, 0.3) is 0 Å². The lowest BCUT2D eigenvalue weighted by atomic mass is 10.0. The van der Waals surface area contributed by atoms with Crippen LogP contribution in [0.3, 0.4) is 0 Å².